The predicted octanol–water partition coefficient (Wildman–Crippen LogP) is 2.22. The van der Waals surface area contributed by atoms with Crippen LogP contribution in [0.2, 0.25) is 0 Å². The number of hydrogen-bond donors (Lipinski definition) is 0. The number of aryl methyl sites for hydroxylation is 3. The maximum absolute atomic E-state index is 12.4. The van der Waals surface area contributed by atoms with Crippen LogP contribution in [0, 0.1) is 27.7 Å². The second kappa shape index (κ2) is 6.70. The van der Waals surface area contributed by atoms with Crippen molar-refractivity contribution in [2.45, 2.75) is 41.2 Å². The van der Waals surface area contributed by atoms with Crippen LogP contribution in [-0.4, -0.2) is 42.5 Å². The second-order valence-electron chi connectivity index (χ2n) is 6.21. The molecule has 0 atom stereocenters. The maximum Gasteiger partial charge on any atom is 0.378 e. The molecule has 26 heavy (non-hydrogen) atoms. The smallest absolute Gasteiger partial charge is 0.378 e. The molecule has 0 amide bonds. The van der Waals surface area contributed by atoms with Gasteiger partial charge in [-0.05, 0) is 46.8 Å². The number of ether oxygens (including phenoxy) is 1. The highest BCUT2D eigenvalue weighted by atomic mass is 16.5. The van der Waals surface area contributed by atoms with Gasteiger partial charge in [-0.15, -0.1) is 5.10 Å². The summed E-state index contributed by atoms with van der Waals surface area (Å²) < 4.78 is 8.63. The van der Waals surface area contributed by atoms with Gasteiger partial charge >= 0.3 is 5.97 Å². The lowest BCUT2D eigenvalue weighted by atomic mass is 10.1. The normalized spacial score (nSPS) is 11.1. The maximum atomic E-state index is 12.4. The van der Waals surface area contributed by atoms with Gasteiger partial charge in [0, 0.05) is 34.9 Å². The number of ketones is 1. The fourth-order valence-corrected chi connectivity index (χ4v) is 3.10. The number of carbonyl (C=O) groups is 2. The number of carbonyl (C=O) groups excluding carboxylic acids is 2. The van der Waals surface area contributed by atoms with Crippen molar-refractivity contribution in [3.63, 3.8) is 0 Å². The van der Waals surface area contributed by atoms with Crippen LogP contribution < -0.4 is 0 Å². The van der Waals surface area contributed by atoms with Crippen LogP contribution >= 0.6 is 0 Å². The lowest BCUT2D eigenvalue weighted by molar-refractivity contribution is 0.0462. The average Bonchev–Trinajstić information content (AvgIpc) is 3.13. The molecule has 0 bridgehead atoms. The molecule has 0 saturated heterocycles. The highest BCUT2D eigenvalue weighted by Crippen LogP contribution is 2.16. The minimum atomic E-state index is -0.745. The lowest BCUT2D eigenvalue weighted by Crippen LogP contribution is -2.16. The van der Waals surface area contributed by atoms with Gasteiger partial charge < -0.3 is 9.30 Å². The first-order valence-corrected chi connectivity index (χ1v) is 8.40. The van der Waals surface area contributed by atoms with Gasteiger partial charge in [0.15, 0.2) is 6.61 Å². The van der Waals surface area contributed by atoms with E-state index in [0.717, 1.165) is 29.3 Å². The van der Waals surface area contributed by atoms with E-state index >= 15 is 0 Å². The first-order chi connectivity index (χ1) is 12.3. The lowest BCUT2D eigenvalue weighted by Gasteiger charge is -2.05. The summed E-state index contributed by atoms with van der Waals surface area (Å²) in [6, 6.07) is 3.65. The Kier molecular flexibility index (Phi) is 4.58. The first-order valence-electron chi connectivity index (χ1n) is 8.40. The zero-order chi connectivity index (χ0) is 19.0. The summed E-state index contributed by atoms with van der Waals surface area (Å²) in [6.45, 7) is 9.95. The summed E-state index contributed by atoms with van der Waals surface area (Å²) in [5, 5.41) is 4.11. The largest absolute Gasteiger partial charge is 0.451 e. The van der Waals surface area contributed by atoms with Crippen LogP contribution in [-0.2, 0) is 11.3 Å². The molecule has 8 heteroatoms. The Morgan fingerprint density at radius 3 is 2.46 bits per heavy atom. The Bertz CT molecular complexity index is 1020. The third-order valence-electron chi connectivity index (χ3n) is 4.33. The summed E-state index contributed by atoms with van der Waals surface area (Å²) in [6.07, 6.45) is 0. The molecule has 3 aromatic heterocycles. The van der Waals surface area contributed by atoms with Crippen molar-refractivity contribution in [1.82, 2.24) is 24.1 Å². The van der Waals surface area contributed by atoms with Crippen molar-refractivity contribution in [2.24, 2.45) is 0 Å². The molecule has 3 heterocycles. The van der Waals surface area contributed by atoms with Crippen molar-refractivity contribution in [1.29, 1.82) is 0 Å². The summed E-state index contributed by atoms with van der Waals surface area (Å²) in [5.74, 6) is -0.782. The summed E-state index contributed by atoms with van der Waals surface area (Å²) in [7, 11) is 0. The van der Waals surface area contributed by atoms with Gasteiger partial charge in [-0.1, -0.05) is 0 Å². The van der Waals surface area contributed by atoms with E-state index in [2.05, 4.69) is 15.1 Å². The van der Waals surface area contributed by atoms with Crippen LogP contribution in [0.15, 0.2) is 12.1 Å². The monoisotopic (exact) mass is 355 g/mol. The number of Topliss-reactive ketones (excluding diaryl/α,β-unsaturated/α-hetero) is 1. The molecule has 0 radical (unpaired) electrons. The number of nitrogens with zero attached hydrogens (tertiary/aromatic N) is 5. The molecule has 0 N–H and O–H groups in total. The summed E-state index contributed by atoms with van der Waals surface area (Å²) >= 11 is 0. The van der Waals surface area contributed by atoms with E-state index in [4.69, 9.17) is 4.74 Å². The van der Waals surface area contributed by atoms with Crippen LogP contribution in [0.4, 0.5) is 0 Å². The second-order valence-corrected chi connectivity index (χ2v) is 6.21. The van der Waals surface area contributed by atoms with Crippen molar-refractivity contribution in [3.05, 3.63) is 46.3 Å². The molecule has 136 valence electrons. The Morgan fingerprint density at radius 2 is 1.81 bits per heavy atom. The average molecular weight is 355 g/mol. The van der Waals surface area contributed by atoms with Gasteiger partial charge in [0.2, 0.25) is 5.78 Å². The van der Waals surface area contributed by atoms with E-state index in [1.54, 1.807) is 0 Å². The highest BCUT2D eigenvalue weighted by Gasteiger charge is 2.20. The van der Waals surface area contributed by atoms with E-state index in [1.807, 2.05) is 51.3 Å². The van der Waals surface area contributed by atoms with Gasteiger partial charge in [-0.25, -0.2) is 14.3 Å². The number of esters is 1. The zero-order valence-corrected chi connectivity index (χ0v) is 15.5. The van der Waals surface area contributed by atoms with Gasteiger partial charge in [0.25, 0.3) is 11.6 Å². The van der Waals surface area contributed by atoms with E-state index in [-0.39, 0.29) is 18.2 Å². The SMILES string of the molecule is CCn1c(C)cc(C(=O)COC(=O)c2nc3nc(C)cc(C)n3n2)c1C. The molecule has 8 nitrogen and oxygen atoms in total. The Labute approximate surface area is 150 Å². The van der Waals surface area contributed by atoms with E-state index in [1.165, 1.54) is 4.52 Å². The molecule has 3 aromatic rings. The van der Waals surface area contributed by atoms with E-state index in [9.17, 15) is 9.59 Å². The molecule has 0 saturated carbocycles. The van der Waals surface area contributed by atoms with Gasteiger partial charge in [0.1, 0.15) is 0 Å². The molecule has 0 aromatic carbocycles. The zero-order valence-electron chi connectivity index (χ0n) is 15.5. The number of rotatable bonds is 5. The van der Waals surface area contributed by atoms with Gasteiger partial charge in [-0.3, -0.25) is 4.79 Å². The number of hydrogen-bond acceptors (Lipinski definition) is 6. The van der Waals surface area contributed by atoms with Crippen molar-refractivity contribution in [2.75, 3.05) is 6.61 Å². The topological polar surface area (TPSA) is 91.4 Å². The standard InChI is InChI=1S/C18H21N5O3/c1-6-22-11(3)8-14(13(22)5)15(24)9-26-17(25)16-20-18-19-10(2)7-12(4)23(18)21-16/h7-8H,6,9H2,1-5H3. The van der Waals surface area contributed by atoms with Gasteiger partial charge in [0.05, 0.1) is 0 Å². The molecular formula is C18H21N5O3. The summed E-state index contributed by atoms with van der Waals surface area (Å²) in [5.41, 5.74) is 4.02. The number of aromatic nitrogens is 5. The molecule has 0 aliphatic heterocycles. The van der Waals surface area contributed by atoms with Crippen molar-refractivity contribution < 1.29 is 14.3 Å². The van der Waals surface area contributed by atoms with Crippen molar-refractivity contribution in [3.8, 4) is 0 Å². The predicted molar refractivity (Wildman–Crippen MR) is 94.4 cm³/mol. The Morgan fingerprint density at radius 1 is 1.08 bits per heavy atom. The molecule has 0 unspecified atom stereocenters. The summed E-state index contributed by atoms with van der Waals surface area (Å²) in [4.78, 5) is 32.9. The van der Waals surface area contributed by atoms with Crippen molar-refractivity contribution >= 4 is 17.5 Å². The fourth-order valence-electron chi connectivity index (χ4n) is 3.10. The van der Waals surface area contributed by atoms with Crippen LogP contribution in [0.3, 0.4) is 0 Å². The minimum Gasteiger partial charge on any atom is -0.451 e. The number of fused-ring (bicyclic) bond motifs is 1. The van der Waals surface area contributed by atoms with E-state index < -0.39 is 5.97 Å². The Hall–Kier alpha value is -3.03. The first kappa shape index (κ1) is 17.8. The van der Waals surface area contributed by atoms with Crippen LogP contribution in [0.5, 0.6) is 0 Å². The minimum absolute atomic E-state index is 0.113. The Balaban J connectivity index is 1.75. The quantitative estimate of drug-likeness (QED) is 0.515. The van der Waals surface area contributed by atoms with Gasteiger partial charge in [-0.2, -0.15) is 4.98 Å². The molecule has 0 fully saturated rings. The fraction of sp³-hybridized carbons (Fsp3) is 0.389. The molecule has 0 aliphatic rings. The van der Waals surface area contributed by atoms with Crippen LogP contribution in [0.1, 0.15) is 50.7 Å². The highest BCUT2D eigenvalue weighted by molar-refractivity contribution is 6.00. The van der Waals surface area contributed by atoms with E-state index in [0.29, 0.717) is 11.3 Å². The third-order valence-corrected chi connectivity index (χ3v) is 4.33. The van der Waals surface area contributed by atoms with Crippen LogP contribution in [0.25, 0.3) is 5.78 Å². The third kappa shape index (κ3) is 3.10. The molecule has 0 spiro atoms. The molecule has 0 aliphatic carbocycles. The molecular weight excluding hydrogens is 334 g/mol. The molecule has 3 rings (SSSR count).